The molecule has 0 spiro atoms. The van der Waals surface area contributed by atoms with Gasteiger partial charge in [0.1, 0.15) is 23.0 Å². The molecule has 14 nitrogen and oxygen atoms in total. The Hall–Kier alpha value is -7.03. The van der Waals surface area contributed by atoms with Gasteiger partial charge >= 0.3 is 6.09 Å². The SMILES string of the molecule is CC(C)(C)OC(=O)Nc1cccc(CN(Cc2cc(CN(Cc3ccccn3)Cc3cccc(N)n3)cc(OCCCCN3C(=O)c4ccccc4C3=O)c2)Cc2ccccn2)n1. The highest BCUT2D eigenvalue weighted by Gasteiger charge is 2.34. The monoisotopic (exact) mass is 847 g/mol. The maximum atomic E-state index is 12.9. The zero-order chi connectivity index (χ0) is 44.2. The van der Waals surface area contributed by atoms with Gasteiger partial charge in [0.15, 0.2) is 0 Å². The Balaban J connectivity index is 1.12. The van der Waals surface area contributed by atoms with Crippen LogP contribution in [0.15, 0.2) is 128 Å². The number of nitrogens with one attached hydrogen (secondary N) is 1. The molecule has 3 N–H and O–H groups in total. The summed E-state index contributed by atoms with van der Waals surface area (Å²) < 4.78 is 11.9. The van der Waals surface area contributed by atoms with E-state index < -0.39 is 11.7 Å². The number of aromatic nitrogens is 4. The van der Waals surface area contributed by atoms with Gasteiger partial charge in [0, 0.05) is 58.2 Å². The van der Waals surface area contributed by atoms with Crippen molar-refractivity contribution in [3.63, 3.8) is 0 Å². The summed E-state index contributed by atoms with van der Waals surface area (Å²) in [5.41, 5.74) is 11.8. The molecule has 4 aromatic heterocycles. The molecule has 2 aromatic carbocycles. The topological polar surface area (TPSA) is 169 Å². The zero-order valence-corrected chi connectivity index (χ0v) is 35.9. The van der Waals surface area contributed by atoms with Crippen molar-refractivity contribution in [2.24, 2.45) is 0 Å². The van der Waals surface area contributed by atoms with Crippen LogP contribution in [-0.4, -0.2) is 71.3 Å². The van der Waals surface area contributed by atoms with E-state index in [-0.39, 0.29) is 11.8 Å². The highest BCUT2D eigenvalue weighted by molar-refractivity contribution is 6.21. The second-order valence-electron chi connectivity index (χ2n) is 16.5. The third-order valence-electron chi connectivity index (χ3n) is 10.0. The first-order valence-corrected chi connectivity index (χ1v) is 21.1. The number of hydrogen-bond acceptors (Lipinski definition) is 12. The van der Waals surface area contributed by atoms with E-state index in [1.807, 2.05) is 81.4 Å². The van der Waals surface area contributed by atoms with E-state index in [0.29, 0.717) is 93.8 Å². The van der Waals surface area contributed by atoms with Crippen LogP contribution in [0.1, 0.15) is 88.2 Å². The van der Waals surface area contributed by atoms with Gasteiger partial charge in [0.05, 0.1) is 40.5 Å². The Labute approximate surface area is 368 Å². The second-order valence-corrected chi connectivity index (χ2v) is 16.5. The van der Waals surface area contributed by atoms with Crippen LogP contribution < -0.4 is 15.8 Å². The molecule has 1 aliphatic heterocycles. The second kappa shape index (κ2) is 20.7. The number of fused-ring (bicyclic) bond motifs is 1. The van der Waals surface area contributed by atoms with Gasteiger partial charge in [-0.2, -0.15) is 0 Å². The van der Waals surface area contributed by atoms with E-state index >= 15 is 0 Å². The summed E-state index contributed by atoms with van der Waals surface area (Å²) in [6.45, 7) is 9.28. The number of amides is 3. The van der Waals surface area contributed by atoms with Crippen LogP contribution in [0.4, 0.5) is 16.4 Å². The van der Waals surface area contributed by atoms with Crippen molar-refractivity contribution in [3.05, 3.63) is 173 Å². The van der Waals surface area contributed by atoms with E-state index in [1.54, 1.807) is 48.8 Å². The smallest absolute Gasteiger partial charge is 0.413 e. The Morgan fingerprint density at radius 1 is 0.651 bits per heavy atom. The van der Waals surface area contributed by atoms with Crippen molar-refractivity contribution in [1.29, 1.82) is 0 Å². The number of benzene rings is 2. The van der Waals surface area contributed by atoms with Gasteiger partial charge in [-0.3, -0.25) is 39.6 Å². The van der Waals surface area contributed by atoms with Gasteiger partial charge in [-0.1, -0.05) is 42.5 Å². The number of carbonyl (C=O) groups excluding carboxylic acids is 3. The number of imide groups is 1. The Kier molecular flexibility index (Phi) is 14.5. The summed E-state index contributed by atoms with van der Waals surface area (Å²) in [5, 5.41) is 2.76. The molecule has 0 unspecified atom stereocenters. The highest BCUT2D eigenvalue weighted by Crippen LogP contribution is 2.25. The normalized spacial score (nSPS) is 12.5. The van der Waals surface area contributed by atoms with E-state index in [4.69, 9.17) is 20.2 Å². The maximum absolute atomic E-state index is 12.9. The molecule has 6 aromatic rings. The predicted molar refractivity (Wildman–Crippen MR) is 240 cm³/mol. The molecule has 63 heavy (non-hydrogen) atoms. The van der Waals surface area contributed by atoms with Gasteiger partial charge in [-0.25, -0.2) is 14.8 Å². The van der Waals surface area contributed by atoms with E-state index in [0.717, 1.165) is 33.9 Å². The van der Waals surface area contributed by atoms with Gasteiger partial charge in [-0.05, 0) is 118 Å². The van der Waals surface area contributed by atoms with Crippen molar-refractivity contribution in [2.75, 3.05) is 24.2 Å². The molecule has 0 radical (unpaired) electrons. The predicted octanol–water partition coefficient (Wildman–Crippen LogP) is 8.06. The average molecular weight is 848 g/mol. The Bertz CT molecular complexity index is 2460. The minimum absolute atomic E-state index is 0.256. The first kappa shape index (κ1) is 44.0. The number of carbonyl (C=O) groups is 3. The first-order valence-electron chi connectivity index (χ1n) is 21.1. The fourth-order valence-electron chi connectivity index (χ4n) is 7.38. The lowest BCUT2D eigenvalue weighted by Gasteiger charge is -2.25. The first-order chi connectivity index (χ1) is 30.4. The molecule has 5 heterocycles. The van der Waals surface area contributed by atoms with Crippen molar-refractivity contribution in [3.8, 4) is 5.75 Å². The Morgan fingerprint density at radius 3 is 1.75 bits per heavy atom. The number of pyridine rings is 4. The number of nitrogens with two attached hydrogens (primary N) is 1. The number of hydrogen-bond donors (Lipinski definition) is 2. The summed E-state index contributed by atoms with van der Waals surface area (Å²) in [6.07, 6.45) is 4.22. The van der Waals surface area contributed by atoms with Gasteiger partial charge in [0.25, 0.3) is 11.8 Å². The number of rotatable bonds is 19. The zero-order valence-electron chi connectivity index (χ0n) is 35.9. The Morgan fingerprint density at radius 2 is 1.19 bits per heavy atom. The van der Waals surface area contributed by atoms with Crippen LogP contribution in [0.2, 0.25) is 0 Å². The van der Waals surface area contributed by atoms with E-state index in [9.17, 15) is 14.4 Å². The minimum Gasteiger partial charge on any atom is -0.494 e. The molecule has 1 aliphatic rings. The minimum atomic E-state index is -0.651. The maximum Gasteiger partial charge on any atom is 0.413 e. The standard InChI is InChI=1S/C49H53N9O5/c1-49(2,3)63-48(61)55-45-21-13-17-40(54-45)34-57(32-38-15-7-9-23-52-38)30-36-26-35(29-56(31-37-14-6-8-22-51-37)33-39-16-12-20-44(50)53-39)27-41(28-36)62-25-11-10-24-58-46(59)42-18-4-5-19-43(42)47(58)60/h4-9,12-23,26-28H,10-11,24-25,29-34H2,1-3H3,(H2,50,53)(H,54,55,61). The number of anilines is 2. The third kappa shape index (κ3) is 13.0. The summed E-state index contributed by atoms with van der Waals surface area (Å²) in [7, 11) is 0. The van der Waals surface area contributed by atoms with Crippen molar-refractivity contribution in [1.82, 2.24) is 34.6 Å². The van der Waals surface area contributed by atoms with E-state index in [2.05, 4.69) is 48.3 Å². The van der Waals surface area contributed by atoms with E-state index in [1.165, 1.54) is 4.90 Å². The molecule has 324 valence electrons. The van der Waals surface area contributed by atoms with Gasteiger partial charge in [-0.15, -0.1) is 0 Å². The van der Waals surface area contributed by atoms with Crippen molar-refractivity contribution >= 4 is 29.5 Å². The van der Waals surface area contributed by atoms with Crippen LogP contribution in [0.25, 0.3) is 0 Å². The third-order valence-corrected chi connectivity index (χ3v) is 10.0. The lowest BCUT2D eigenvalue weighted by molar-refractivity contribution is 0.0627. The number of unbranched alkanes of at least 4 members (excludes halogenated alkanes) is 1. The van der Waals surface area contributed by atoms with Gasteiger partial charge < -0.3 is 15.2 Å². The molecular formula is C49H53N9O5. The molecule has 7 rings (SSSR count). The van der Waals surface area contributed by atoms with Gasteiger partial charge in [0.2, 0.25) is 0 Å². The largest absolute Gasteiger partial charge is 0.494 e. The summed E-state index contributed by atoms with van der Waals surface area (Å²) in [5.74, 6) is 1.04. The van der Waals surface area contributed by atoms with Crippen LogP contribution in [0.3, 0.4) is 0 Å². The summed E-state index contributed by atoms with van der Waals surface area (Å²) >= 11 is 0. The van der Waals surface area contributed by atoms with Crippen LogP contribution >= 0.6 is 0 Å². The molecule has 0 aliphatic carbocycles. The quantitative estimate of drug-likeness (QED) is 0.0595. The molecule has 3 amide bonds. The van der Waals surface area contributed by atoms with Crippen molar-refractivity contribution < 1.29 is 23.9 Å². The van der Waals surface area contributed by atoms with Crippen LogP contribution in [0, 0.1) is 0 Å². The lowest BCUT2D eigenvalue weighted by atomic mass is 10.1. The fraction of sp³-hybridized carbons (Fsp3) is 0.286. The molecule has 0 atom stereocenters. The van der Waals surface area contributed by atoms with Crippen LogP contribution in [0.5, 0.6) is 5.75 Å². The molecule has 0 saturated heterocycles. The number of ether oxygens (including phenoxy) is 2. The fourth-order valence-corrected chi connectivity index (χ4v) is 7.38. The van der Waals surface area contributed by atoms with Crippen LogP contribution in [-0.2, 0) is 44.0 Å². The lowest BCUT2D eigenvalue weighted by Crippen LogP contribution is -2.30. The molecule has 0 saturated carbocycles. The number of nitrogen functional groups attached to an aromatic ring is 1. The van der Waals surface area contributed by atoms with Crippen molar-refractivity contribution in [2.45, 2.75) is 78.5 Å². The highest BCUT2D eigenvalue weighted by atomic mass is 16.6. The average Bonchev–Trinajstić information content (AvgIpc) is 3.48. The molecule has 0 fully saturated rings. The number of nitrogens with zero attached hydrogens (tertiary/aromatic N) is 7. The molecule has 0 bridgehead atoms. The molecular weight excluding hydrogens is 795 g/mol. The molecule has 14 heteroatoms. The summed E-state index contributed by atoms with van der Waals surface area (Å²) in [6, 6.07) is 36.2. The summed E-state index contributed by atoms with van der Waals surface area (Å²) in [4.78, 5) is 62.9.